The Hall–Kier alpha value is -3.82. The van der Waals surface area contributed by atoms with E-state index in [0.29, 0.717) is 16.2 Å². The summed E-state index contributed by atoms with van der Waals surface area (Å²) in [6, 6.07) is 15.9. The van der Waals surface area contributed by atoms with Gasteiger partial charge in [0.25, 0.3) is 5.56 Å². The van der Waals surface area contributed by atoms with E-state index in [2.05, 4.69) is 4.98 Å². The fourth-order valence-electron chi connectivity index (χ4n) is 3.94. The van der Waals surface area contributed by atoms with Gasteiger partial charge in [-0.1, -0.05) is 29.8 Å². The summed E-state index contributed by atoms with van der Waals surface area (Å²) < 4.78 is 43.3. The van der Waals surface area contributed by atoms with Crippen LogP contribution < -0.4 is 11.0 Å². The van der Waals surface area contributed by atoms with Crippen LogP contribution in [0.25, 0.3) is 16.7 Å². The lowest BCUT2D eigenvalue weighted by molar-refractivity contribution is 0.591. The molecular weight excluding hydrogens is 491 g/mol. The Morgan fingerprint density at radius 3 is 2.40 bits per heavy atom. The fourth-order valence-corrected chi connectivity index (χ4v) is 5.45. The van der Waals surface area contributed by atoms with E-state index in [9.17, 15) is 17.6 Å². The molecule has 0 bridgehead atoms. The normalized spacial score (nSPS) is 11.9. The first-order chi connectivity index (χ1) is 16.7. The van der Waals surface area contributed by atoms with E-state index in [1.54, 1.807) is 25.3 Å². The number of aromatic nitrogens is 3. The molecule has 0 fully saturated rings. The van der Waals surface area contributed by atoms with Crippen LogP contribution >= 0.6 is 11.6 Å². The Balaban J connectivity index is 1.88. The van der Waals surface area contributed by atoms with Gasteiger partial charge in [-0.2, -0.15) is 0 Å². The number of halogens is 2. The van der Waals surface area contributed by atoms with Crippen molar-refractivity contribution in [3.8, 4) is 0 Å². The number of hydrogen-bond acceptors (Lipinski definition) is 5. The molecule has 35 heavy (non-hydrogen) atoms. The smallest absolute Gasteiger partial charge is 0.267 e. The summed E-state index contributed by atoms with van der Waals surface area (Å²) in [6.07, 6.45) is 1.56. The first-order valence-corrected chi connectivity index (χ1v) is 12.4. The van der Waals surface area contributed by atoms with Gasteiger partial charge >= 0.3 is 0 Å². The summed E-state index contributed by atoms with van der Waals surface area (Å²) in [5, 5.41) is 9.24. The Morgan fingerprint density at radius 2 is 1.71 bits per heavy atom. The Morgan fingerprint density at radius 1 is 1.03 bits per heavy atom. The molecule has 0 saturated heterocycles. The molecule has 0 spiro atoms. The molecular formula is C25H18ClFN4O3S. The summed E-state index contributed by atoms with van der Waals surface area (Å²) >= 11 is 5.92. The van der Waals surface area contributed by atoms with Crippen molar-refractivity contribution in [2.45, 2.75) is 23.3 Å². The van der Waals surface area contributed by atoms with Gasteiger partial charge in [0.05, 0.1) is 16.8 Å². The number of fused-ring (bicyclic) bond motifs is 2. The Labute approximate surface area is 204 Å². The molecule has 5 rings (SSSR count). The molecule has 0 saturated carbocycles. The van der Waals surface area contributed by atoms with E-state index in [1.165, 1.54) is 63.6 Å². The second-order valence-corrected chi connectivity index (χ2v) is 10.4. The molecule has 0 amide bonds. The number of nitrogens with one attached hydrogen (secondary N) is 1. The monoisotopic (exact) mass is 508 g/mol. The van der Waals surface area contributed by atoms with Crippen molar-refractivity contribution in [3.05, 3.63) is 111 Å². The lowest BCUT2D eigenvalue weighted by Gasteiger charge is -2.16. The predicted octanol–water partition coefficient (Wildman–Crippen LogP) is 4.11. The average Bonchev–Trinajstić information content (AvgIpc) is 2.83. The Bertz CT molecular complexity index is 1850. The number of hydrogen-bond donors (Lipinski definition) is 1. The van der Waals surface area contributed by atoms with Crippen LogP contribution in [0.2, 0.25) is 5.02 Å². The lowest BCUT2D eigenvalue weighted by atomic mass is 10.2. The van der Waals surface area contributed by atoms with E-state index >= 15 is 0 Å². The van der Waals surface area contributed by atoms with Gasteiger partial charge in [-0.3, -0.25) is 14.6 Å². The number of rotatable bonds is 4. The van der Waals surface area contributed by atoms with Gasteiger partial charge in [-0.05, 0) is 66.6 Å². The van der Waals surface area contributed by atoms with Crippen molar-refractivity contribution in [2.75, 3.05) is 0 Å². The predicted molar refractivity (Wildman–Crippen MR) is 130 cm³/mol. The molecule has 0 atom stereocenters. The molecule has 10 heteroatoms. The maximum atomic E-state index is 13.5. The van der Waals surface area contributed by atoms with Crippen molar-refractivity contribution in [1.82, 2.24) is 14.0 Å². The minimum Gasteiger partial charge on any atom is -0.305 e. The highest BCUT2D eigenvalue weighted by atomic mass is 35.5. The lowest BCUT2D eigenvalue weighted by Crippen LogP contribution is -2.30. The zero-order valence-electron chi connectivity index (χ0n) is 18.4. The average molecular weight is 509 g/mol. The zero-order chi connectivity index (χ0) is 24.9. The van der Waals surface area contributed by atoms with Crippen molar-refractivity contribution < 1.29 is 12.8 Å². The molecule has 0 unspecified atom stereocenters. The van der Waals surface area contributed by atoms with Gasteiger partial charge in [0.2, 0.25) is 9.84 Å². The third kappa shape index (κ3) is 3.92. The summed E-state index contributed by atoms with van der Waals surface area (Å²) in [5.41, 5.74) is 1.10. The SMILES string of the molecule is Cc1cccn2c(=O)c3cc(S(=O)(=O)c4ccc(Cl)cc4)c(=N)n(Cc4ccc(F)cc4)c3nc12. The van der Waals surface area contributed by atoms with Crippen molar-refractivity contribution in [3.63, 3.8) is 0 Å². The number of sulfone groups is 1. The van der Waals surface area contributed by atoms with E-state index in [-0.39, 0.29) is 32.9 Å². The first-order valence-electron chi connectivity index (χ1n) is 10.5. The molecule has 2 aromatic carbocycles. The topological polar surface area (TPSA) is 97.3 Å². The molecule has 0 aliphatic rings. The first kappa shape index (κ1) is 22.9. The standard InChI is InChI=1S/C25H18ClFN4O3S/c1-15-3-2-12-30-23(15)29-24-20(25(30)32)13-21(35(33,34)19-10-6-17(26)7-11-19)22(28)31(24)14-16-4-8-18(27)9-5-16/h2-13,28H,14H2,1H3. The van der Waals surface area contributed by atoms with Crippen molar-refractivity contribution in [1.29, 1.82) is 5.41 Å². The van der Waals surface area contributed by atoms with Gasteiger partial charge in [-0.25, -0.2) is 17.8 Å². The molecule has 176 valence electrons. The van der Waals surface area contributed by atoms with Gasteiger partial charge in [0.1, 0.15) is 27.5 Å². The van der Waals surface area contributed by atoms with Crippen molar-refractivity contribution in [2.24, 2.45) is 0 Å². The molecule has 3 aromatic heterocycles. The minimum absolute atomic E-state index is 0.00802. The van der Waals surface area contributed by atoms with Crippen LogP contribution in [0.5, 0.6) is 0 Å². The van der Waals surface area contributed by atoms with E-state index < -0.39 is 21.2 Å². The van der Waals surface area contributed by atoms with E-state index in [1.807, 2.05) is 0 Å². The summed E-state index contributed by atoms with van der Waals surface area (Å²) in [7, 11) is -4.18. The molecule has 7 nitrogen and oxygen atoms in total. The highest BCUT2D eigenvalue weighted by molar-refractivity contribution is 7.91. The van der Waals surface area contributed by atoms with Crippen LogP contribution in [-0.2, 0) is 16.4 Å². The Kier molecular flexibility index (Phi) is 5.53. The van der Waals surface area contributed by atoms with Gasteiger partial charge in [0, 0.05) is 11.2 Å². The number of nitrogens with zero attached hydrogens (tertiary/aromatic N) is 3. The summed E-state index contributed by atoms with van der Waals surface area (Å²) in [5.74, 6) is -0.424. The second kappa shape index (κ2) is 8.44. The largest absolute Gasteiger partial charge is 0.305 e. The molecule has 1 N–H and O–H groups in total. The van der Waals surface area contributed by atoms with Crippen molar-refractivity contribution >= 4 is 38.1 Å². The molecule has 3 heterocycles. The molecule has 0 aliphatic heterocycles. The second-order valence-electron chi connectivity index (χ2n) is 8.07. The van der Waals surface area contributed by atoms with E-state index in [4.69, 9.17) is 17.0 Å². The highest BCUT2D eigenvalue weighted by Crippen LogP contribution is 2.23. The third-order valence-electron chi connectivity index (χ3n) is 5.77. The van der Waals surface area contributed by atoms with Crippen LogP contribution in [0, 0.1) is 18.2 Å². The minimum atomic E-state index is -4.18. The van der Waals surface area contributed by atoms with E-state index in [0.717, 1.165) is 5.56 Å². The number of benzene rings is 2. The van der Waals surface area contributed by atoms with Crippen LogP contribution in [0.1, 0.15) is 11.1 Å². The van der Waals surface area contributed by atoms with Crippen LogP contribution in [0.15, 0.2) is 87.5 Å². The molecule has 5 aromatic rings. The van der Waals surface area contributed by atoms with Crippen LogP contribution in [-0.4, -0.2) is 22.4 Å². The maximum Gasteiger partial charge on any atom is 0.267 e. The third-order valence-corrected chi connectivity index (χ3v) is 7.80. The summed E-state index contributed by atoms with van der Waals surface area (Å²) in [6.45, 7) is 1.81. The van der Waals surface area contributed by atoms with Crippen LogP contribution in [0.4, 0.5) is 4.39 Å². The van der Waals surface area contributed by atoms with Gasteiger partial charge in [0.15, 0.2) is 0 Å². The number of aryl methyl sites for hydroxylation is 1. The van der Waals surface area contributed by atoms with Gasteiger partial charge < -0.3 is 4.57 Å². The highest BCUT2D eigenvalue weighted by Gasteiger charge is 2.24. The summed E-state index contributed by atoms with van der Waals surface area (Å²) in [4.78, 5) is 17.7. The fraction of sp³-hybridized carbons (Fsp3) is 0.0800. The number of pyridine rings is 2. The molecule has 0 aliphatic carbocycles. The molecule has 0 radical (unpaired) electrons. The maximum absolute atomic E-state index is 13.5. The van der Waals surface area contributed by atoms with Gasteiger partial charge in [-0.15, -0.1) is 0 Å². The quantitative estimate of drug-likeness (QED) is 0.369. The van der Waals surface area contributed by atoms with Crippen LogP contribution in [0.3, 0.4) is 0 Å². The zero-order valence-corrected chi connectivity index (χ0v) is 19.9.